The Morgan fingerprint density at radius 1 is 0.457 bits per heavy atom. The van der Waals surface area contributed by atoms with Crippen molar-refractivity contribution < 1.29 is 14.2 Å². The lowest BCUT2D eigenvalue weighted by Crippen LogP contribution is -2.44. The summed E-state index contributed by atoms with van der Waals surface area (Å²) in [5.74, 6) is 4.75. The molecular weight excluding hydrogens is 1020 g/mol. The molecule has 0 saturated carbocycles. The van der Waals surface area contributed by atoms with Crippen LogP contribution in [0.15, 0.2) is 124 Å². The monoisotopic (exact) mass is 1100 g/mol. The summed E-state index contributed by atoms with van der Waals surface area (Å²) < 4.78 is 18.8. The molecule has 6 aliphatic heterocycles. The lowest BCUT2D eigenvalue weighted by atomic mass is 9.95. The average molecular weight is 1100 g/mol. The van der Waals surface area contributed by atoms with Crippen LogP contribution in [0, 0.1) is 11.8 Å². The number of rotatable bonds is 19. The maximum absolute atomic E-state index is 13.7. The summed E-state index contributed by atoms with van der Waals surface area (Å²) in [5.41, 5.74) is 3.38. The van der Waals surface area contributed by atoms with E-state index >= 15 is 0 Å². The average Bonchev–Trinajstić information content (AvgIpc) is 4.27. The zero-order chi connectivity index (χ0) is 55.1. The molecule has 8 atom stereocenters. The second-order valence-corrected chi connectivity index (χ2v) is 23.5. The van der Waals surface area contributed by atoms with Crippen LogP contribution < -0.4 is 46.1 Å². The number of aromatic amines is 3. The number of ether oxygens (including phenoxy) is 3. The first-order chi connectivity index (χ1) is 39.7. The van der Waals surface area contributed by atoms with Gasteiger partial charge in [-0.05, 0) is 106 Å². The SMILES string of the molecule is CC[C@H]1CN(c2cc(=O)[nH]c(N3CC(CC[C@H]4CN(c5cc(=O)[nH]c(N6CC(CC[C@@H]7CN(c8cc(=O)[nH]c(N9CCC[C@H]9Cc9ccccc9)n8)CCO7)C[C@@H]6Cc6ccccc6)n5)CCO4)C[C@H]3Cc3ccccc3)n2)CCO1. The Bertz CT molecular complexity index is 3180. The van der Waals surface area contributed by atoms with E-state index in [4.69, 9.17) is 29.2 Å². The predicted octanol–water partition coefficient (Wildman–Crippen LogP) is 7.01. The molecular formula is C63H80N12O6. The molecule has 3 aromatic carbocycles. The van der Waals surface area contributed by atoms with Crippen molar-refractivity contribution in [3.8, 4) is 0 Å². The highest BCUT2D eigenvalue weighted by molar-refractivity contribution is 5.49. The first-order valence-electron chi connectivity index (χ1n) is 30.1. The molecule has 0 radical (unpaired) electrons. The number of anilines is 6. The summed E-state index contributed by atoms with van der Waals surface area (Å²) in [7, 11) is 0. The molecule has 0 aliphatic carbocycles. The van der Waals surface area contributed by atoms with Crippen LogP contribution in [-0.2, 0) is 33.5 Å². The topological polar surface area (TPSA) is 184 Å². The van der Waals surface area contributed by atoms with Crippen LogP contribution in [0.1, 0.15) is 81.4 Å². The quantitative estimate of drug-likeness (QED) is 0.0752. The molecule has 6 aliphatic rings. The van der Waals surface area contributed by atoms with E-state index in [-0.39, 0.29) is 53.1 Å². The van der Waals surface area contributed by atoms with Gasteiger partial charge in [-0.25, -0.2) is 0 Å². The van der Waals surface area contributed by atoms with E-state index in [1.165, 1.54) is 16.7 Å². The lowest BCUT2D eigenvalue weighted by Gasteiger charge is -2.35. The van der Waals surface area contributed by atoms with Crippen LogP contribution in [0.2, 0.25) is 0 Å². The Labute approximate surface area is 474 Å². The number of H-pyrrole nitrogens is 3. The summed E-state index contributed by atoms with van der Waals surface area (Å²) in [6.07, 6.45) is 11.3. The van der Waals surface area contributed by atoms with Crippen molar-refractivity contribution in [2.75, 3.05) is 108 Å². The van der Waals surface area contributed by atoms with Crippen molar-refractivity contribution in [2.45, 2.75) is 120 Å². The maximum Gasteiger partial charge on any atom is 0.254 e. The molecule has 0 spiro atoms. The van der Waals surface area contributed by atoms with E-state index in [1.807, 2.05) is 6.07 Å². The van der Waals surface area contributed by atoms with E-state index in [9.17, 15) is 14.4 Å². The summed E-state index contributed by atoms with van der Waals surface area (Å²) >= 11 is 0. The smallest absolute Gasteiger partial charge is 0.254 e. The van der Waals surface area contributed by atoms with E-state index < -0.39 is 0 Å². The summed E-state index contributed by atoms with van der Waals surface area (Å²) in [4.78, 5) is 78.7. The van der Waals surface area contributed by atoms with Crippen molar-refractivity contribution in [1.29, 1.82) is 0 Å². The number of nitrogens with zero attached hydrogens (tertiary/aromatic N) is 9. The number of hydrogen-bond donors (Lipinski definition) is 3. The number of hydrogen-bond acceptors (Lipinski definition) is 15. The van der Waals surface area contributed by atoms with Crippen LogP contribution in [0.4, 0.5) is 35.3 Å². The molecule has 12 rings (SSSR count). The normalized spacial score (nSPS) is 25.3. The Kier molecular flexibility index (Phi) is 17.1. The number of benzene rings is 3. The van der Waals surface area contributed by atoms with Gasteiger partial charge >= 0.3 is 0 Å². The summed E-state index contributed by atoms with van der Waals surface area (Å²) in [6.45, 7) is 10.4. The van der Waals surface area contributed by atoms with Gasteiger partial charge in [0.25, 0.3) is 16.7 Å². The fourth-order valence-electron chi connectivity index (χ4n) is 13.7. The Hall–Kier alpha value is -7.02. The second kappa shape index (κ2) is 25.4. The predicted molar refractivity (Wildman–Crippen MR) is 318 cm³/mol. The van der Waals surface area contributed by atoms with Gasteiger partial charge in [0.15, 0.2) is 0 Å². The zero-order valence-electron chi connectivity index (χ0n) is 47.0. The molecule has 2 unspecified atom stereocenters. The van der Waals surface area contributed by atoms with Gasteiger partial charge in [0, 0.05) is 95.2 Å². The third kappa shape index (κ3) is 13.5. The van der Waals surface area contributed by atoms with E-state index in [0.29, 0.717) is 99.7 Å². The Morgan fingerprint density at radius 2 is 0.840 bits per heavy atom. The number of nitrogens with one attached hydrogen (secondary N) is 3. The highest BCUT2D eigenvalue weighted by Crippen LogP contribution is 2.36. The minimum Gasteiger partial charge on any atom is -0.375 e. The van der Waals surface area contributed by atoms with Gasteiger partial charge in [0.1, 0.15) is 17.5 Å². The van der Waals surface area contributed by atoms with Crippen LogP contribution in [0.3, 0.4) is 0 Å². The summed E-state index contributed by atoms with van der Waals surface area (Å²) in [6, 6.07) is 37.3. The van der Waals surface area contributed by atoms with Gasteiger partial charge < -0.3 is 43.6 Å². The van der Waals surface area contributed by atoms with E-state index in [1.54, 1.807) is 18.2 Å². The van der Waals surface area contributed by atoms with Crippen LogP contribution in [0.5, 0.6) is 0 Å². The third-order valence-corrected chi connectivity index (χ3v) is 17.9. The molecule has 0 bridgehead atoms. The Balaban J connectivity index is 0.693. The van der Waals surface area contributed by atoms with Gasteiger partial charge in [-0.15, -0.1) is 0 Å². The van der Waals surface area contributed by atoms with Crippen LogP contribution >= 0.6 is 0 Å². The van der Waals surface area contributed by atoms with Gasteiger partial charge in [-0.2, -0.15) is 15.0 Å². The molecule has 18 nitrogen and oxygen atoms in total. The third-order valence-electron chi connectivity index (χ3n) is 17.9. The van der Waals surface area contributed by atoms with Crippen LogP contribution in [0.25, 0.3) is 0 Å². The molecule has 6 fully saturated rings. The first-order valence-corrected chi connectivity index (χ1v) is 30.1. The zero-order valence-corrected chi connectivity index (χ0v) is 47.0. The van der Waals surface area contributed by atoms with Gasteiger partial charge in [0.2, 0.25) is 17.8 Å². The van der Waals surface area contributed by atoms with Crippen molar-refractivity contribution in [3.05, 3.63) is 157 Å². The lowest BCUT2D eigenvalue weighted by molar-refractivity contribution is 0.0311. The van der Waals surface area contributed by atoms with Gasteiger partial charge in [-0.3, -0.25) is 29.3 Å². The fourth-order valence-corrected chi connectivity index (χ4v) is 13.7. The fraction of sp³-hybridized carbons (Fsp3) is 0.524. The van der Waals surface area contributed by atoms with Crippen LogP contribution in [-0.4, -0.2) is 145 Å². The van der Waals surface area contributed by atoms with Crippen molar-refractivity contribution >= 4 is 35.3 Å². The number of morpholine rings is 3. The standard InChI is InChI=1S/C63H80N12O6/c1-2-52-41-70(25-28-79-52)56-37-59(77)68-62(65-56)74-39-47(34-50(74)32-45-15-8-4-9-16-45)21-23-54-43-72(27-30-81-54)57-38-60(78)69-63(66-57)75-40-48(35-51(75)33-46-17-10-5-11-18-46)20-22-53-42-71(26-29-80-53)55-36-58(76)67-61(64-55)73-24-12-19-49(73)31-44-13-6-3-7-14-44/h3-11,13-18,36-38,47-54H,2,12,19-35,39-43H2,1H3,(H,64,67,76)(H,65,68,77)(H,66,69,78)/t47?,48?,49-,50+,51-,52-,53+,54-/m0/s1. The van der Waals surface area contributed by atoms with Crippen molar-refractivity contribution in [1.82, 2.24) is 29.9 Å². The van der Waals surface area contributed by atoms with Gasteiger partial charge in [-0.1, -0.05) is 97.9 Å². The molecule has 6 saturated heterocycles. The molecule has 6 aromatic rings. The molecule has 0 amide bonds. The minimum absolute atomic E-state index is 0.00423. The molecule has 9 heterocycles. The largest absolute Gasteiger partial charge is 0.375 e. The van der Waals surface area contributed by atoms with E-state index in [0.717, 1.165) is 103 Å². The minimum atomic E-state index is -0.159. The first kappa shape index (κ1) is 54.6. The molecule has 428 valence electrons. The molecule has 3 N–H and O–H groups in total. The van der Waals surface area contributed by atoms with Gasteiger partial charge in [0.05, 0.1) is 38.1 Å². The Morgan fingerprint density at radius 3 is 1.26 bits per heavy atom. The molecule has 18 heteroatoms. The van der Waals surface area contributed by atoms with Crippen molar-refractivity contribution in [3.63, 3.8) is 0 Å². The van der Waals surface area contributed by atoms with Crippen molar-refractivity contribution in [2.24, 2.45) is 11.8 Å². The van der Waals surface area contributed by atoms with E-state index in [2.05, 4.69) is 136 Å². The highest BCUT2D eigenvalue weighted by atomic mass is 16.5. The highest BCUT2D eigenvalue weighted by Gasteiger charge is 2.38. The second-order valence-electron chi connectivity index (χ2n) is 23.5. The molecule has 3 aromatic heterocycles. The summed E-state index contributed by atoms with van der Waals surface area (Å²) in [5, 5.41) is 0. The molecule has 81 heavy (non-hydrogen) atoms. The number of aromatic nitrogens is 6. The maximum atomic E-state index is 13.7.